The van der Waals surface area contributed by atoms with Crippen LogP contribution in [0.25, 0.3) is 0 Å². The van der Waals surface area contributed by atoms with Gasteiger partial charge in [-0.05, 0) is 0 Å². The fourth-order valence-corrected chi connectivity index (χ4v) is 0.883. The first-order valence-electron chi connectivity index (χ1n) is 3.09. The molecule has 0 bridgehead atoms. The van der Waals surface area contributed by atoms with Crippen molar-refractivity contribution in [1.29, 1.82) is 0 Å². The zero-order valence-electron chi connectivity index (χ0n) is 5.93. The number of ether oxygens (including phenoxy) is 1. The molecule has 0 aromatic rings. The van der Waals surface area contributed by atoms with Crippen LogP contribution in [-0.2, 0) is 4.74 Å². The first-order chi connectivity index (χ1) is 5.29. The second-order valence-corrected chi connectivity index (χ2v) is 2.49. The summed E-state index contributed by atoms with van der Waals surface area (Å²) >= 11 is 0. The molecule has 12 heavy (non-hydrogen) atoms. The van der Waals surface area contributed by atoms with Crippen LogP contribution in [0, 0.1) is 0 Å². The van der Waals surface area contributed by atoms with E-state index in [4.69, 9.17) is 10.2 Å². The van der Waals surface area contributed by atoms with Gasteiger partial charge in [-0.25, -0.2) is 0 Å². The number of alkyl halides is 3. The van der Waals surface area contributed by atoms with Crippen LogP contribution in [0.3, 0.4) is 0 Å². The summed E-state index contributed by atoms with van der Waals surface area (Å²) in [5, 5.41) is 17.7. The normalized spacial score (nSPS) is 37.4. The van der Waals surface area contributed by atoms with Gasteiger partial charge in [-0.3, -0.25) is 0 Å². The number of aliphatic hydroxyl groups is 2. The minimum Gasteiger partial charge on any atom is -0.386 e. The summed E-state index contributed by atoms with van der Waals surface area (Å²) < 4.78 is 40.1. The zero-order chi connectivity index (χ0) is 9.57. The lowest BCUT2D eigenvalue weighted by molar-refractivity contribution is -0.332. The molecule has 70 valence electrons. The average molecular weight is 184 g/mol. The third-order valence-corrected chi connectivity index (χ3v) is 1.67. The van der Waals surface area contributed by atoms with Gasteiger partial charge in [0.1, 0.15) is 6.10 Å². The molecule has 1 fully saturated rings. The SMILES string of the molecule is C=C1C(O)CO[C@]1(O)C(F)(F)F. The van der Waals surface area contributed by atoms with Crippen LogP contribution in [0.4, 0.5) is 13.2 Å². The fourth-order valence-electron chi connectivity index (χ4n) is 0.883. The number of rotatable bonds is 0. The van der Waals surface area contributed by atoms with Gasteiger partial charge in [0.2, 0.25) is 0 Å². The average Bonchev–Trinajstić information content (AvgIpc) is 2.16. The Labute approximate surface area is 66.1 Å². The van der Waals surface area contributed by atoms with E-state index in [1.54, 1.807) is 0 Å². The molecule has 1 rings (SSSR count). The molecule has 6 heteroatoms. The summed E-state index contributed by atoms with van der Waals surface area (Å²) in [7, 11) is 0. The van der Waals surface area contributed by atoms with Gasteiger partial charge in [0.05, 0.1) is 6.61 Å². The largest absolute Gasteiger partial charge is 0.447 e. The molecule has 0 amide bonds. The lowest BCUT2D eigenvalue weighted by Gasteiger charge is -2.25. The number of halogens is 3. The first kappa shape index (κ1) is 9.50. The van der Waals surface area contributed by atoms with Crippen molar-refractivity contribution in [1.82, 2.24) is 0 Å². The summed E-state index contributed by atoms with van der Waals surface area (Å²) in [5.74, 6) is -3.38. The van der Waals surface area contributed by atoms with Crippen LogP contribution in [0.15, 0.2) is 12.2 Å². The Morgan fingerprint density at radius 1 is 1.58 bits per heavy atom. The predicted molar refractivity (Wildman–Crippen MR) is 32.1 cm³/mol. The molecule has 0 radical (unpaired) electrons. The van der Waals surface area contributed by atoms with E-state index >= 15 is 0 Å². The Hall–Kier alpha value is -0.590. The monoisotopic (exact) mass is 184 g/mol. The zero-order valence-corrected chi connectivity index (χ0v) is 5.93. The Balaban J connectivity index is 2.94. The van der Waals surface area contributed by atoms with E-state index < -0.39 is 30.2 Å². The molecule has 2 N–H and O–H groups in total. The van der Waals surface area contributed by atoms with Crippen LogP contribution in [0.5, 0.6) is 0 Å². The smallest absolute Gasteiger partial charge is 0.386 e. The predicted octanol–water partition coefficient (Wildman–Crippen LogP) is 0.185. The number of hydrogen-bond acceptors (Lipinski definition) is 3. The lowest BCUT2D eigenvalue weighted by Crippen LogP contribution is -2.46. The summed E-state index contributed by atoms with van der Waals surface area (Å²) in [6.45, 7) is 2.32. The van der Waals surface area contributed by atoms with Crippen molar-refractivity contribution in [3.8, 4) is 0 Å². The molecule has 1 unspecified atom stereocenters. The van der Waals surface area contributed by atoms with E-state index in [0.29, 0.717) is 0 Å². The van der Waals surface area contributed by atoms with Gasteiger partial charge in [0.25, 0.3) is 5.79 Å². The summed E-state index contributed by atoms with van der Waals surface area (Å²) in [4.78, 5) is 0. The molecule has 0 spiro atoms. The van der Waals surface area contributed by atoms with Crippen molar-refractivity contribution in [2.24, 2.45) is 0 Å². The van der Waals surface area contributed by atoms with E-state index in [0.717, 1.165) is 0 Å². The van der Waals surface area contributed by atoms with Crippen LogP contribution in [-0.4, -0.2) is 34.9 Å². The molecule has 1 heterocycles. The summed E-state index contributed by atoms with van der Waals surface area (Å²) in [5.41, 5.74) is -0.769. The fraction of sp³-hybridized carbons (Fsp3) is 0.667. The molecule has 0 aliphatic carbocycles. The van der Waals surface area contributed by atoms with Crippen LogP contribution in [0.2, 0.25) is 0 Å². The minimum atomic E-state index is -4.96. The molecule has 0 aromatic heterocycles. The Morgan fingerprint density at radius 2 is 2.08 bits per heavy atom. The van der Waals surface area contributed by atoms with Crippen molar-refractivity contribution < 1.29 is 28.1 Å². The number of aliphatic hydroxyl groups excluding tert-OH is 1. The maximum absolute atomic E-state index is 12.0. The highest BCUT2D eigenvalue weighted by Gasteiger charge is 2.62. The van der Waals surface area contributed by atoms with E-state index in [9.17, 15) is 13.2 Å². The highest BCUT2D eigenvalue weighted by Crippen LogP contribution is 2.41. The maximum atomic E-state index is 12.0. The molecule has 1 saturated heterocycles. The number of hydrogen-bond donors (Lipinski definition) is 2. The van der Waals surface area contributed by atoms with Crippen molar-refractivity contribution in [3.05, 3.63) is 12.2 Å². The quantitative estimate of drug-likeness (QED) is 0.528. The van der Waals surface area contributed by atoms with Crippen LogP contribution < -0.4 is 0 Å². The molecule has 1 aliphatic heterocycles. The molecule has 0 aromatic carbocycles. The molecule has 3 nitrogen and oxygen atoms in total. The van der Waals surface area contributed by atoms with Crippen molar-refractivity contribution >= 4 is 0 Å². The highest BCUT2D eigenvalue weighted by atomic mass is 19.4. The molecule has 1 aliphatic rings. The Bertz CT molecular complexity index is 213. The van der Waals surface area contributed by atoms with Crippen molar-refractivity contribution in [2.75, 3.05) is 6.61 Å². The van der Waals surface area contributed by atoms with Gasteiger partial charge in [-0.2, -0.15) is 13.2 Å². The summed E-state index contributed by atoms with van der Waals surface area (Å²) in [6, 6.07) is 0. The lowest BCUT2D eigenvalue weighted by atomic mass is 10.1. The first-order valence-corrected chi connectivity index (χ1v) is 3.09. The molecular weight excluding hydrogens is 177 g/mol. The standard InChI is InChI=1S/C6H7F3O3/c1-3-4(10)2-12-5(3,11)6(7,8)9/h4,10-11H,1-2H2/t4?,5-/m0/s1. The van der Waals surface area contributed by atoms with Gasteiger partial charge < -0.3 is 14.9 Å². The molecular formula is C6H7F3O3. The van der Waals surface area contributed by atoms with E-state index in [1.165, 1.54) is 0 Å². The second kappa shape index (κ2) is 2.45. The van der Waals surface area contributed by atoms with E-state index in [-0.39, 0.29) is 0 Å². The van der Waals surface area contributed by atoms with Crippen LogP contribution >= 0.6 is 0 Å². The Kier molecular flexibility index (Phi) is 1.94. The third kappa shape index (κ3) is 1.12. The topological polar surface area (TPSA) is 49.7 Å². The summed E-state index contributed by atoms with van der Waals surface area (Å²) in [6.07, 6.45) is -6.42. The second-order valence-electron chi connectivity index (χ2n) is 2.49. The van der Waals surface area contributed by atoms with Crippen molar-refractivity contribution in [3.63, 3.8) is 0 Å². The highest BCUT2D eigenvalue weighted by molar-refractivity contribution is 5.20. The minimum absolute atomic E-state index is 0.588. The van der Waals surface area contributed by atoms with E-state index in [2.05, 4.69) is 11.3 Å². The molecule has 0 saturated carbocycles. The van der Waals surface area contributed by atoms with Gasteiger partial charge in [-0.1, -0.05) is 6.58 Å². The third-order valence-electron chi connectivity index (χ3n) is 1.67. The van der Waals surface area contributed by atoms with E-state index in [1.807, 2.05) is 0 Å². The van der Waals surface area contributed by atoms with Crippen molar-refractivity contribution in [2.45, 2.75) is 18.1 Å². The van der Waals surface area contributed by atoms with Gasteiger partial charge >= 0.3 is 6.18 Å². The molecule has 2 atom stereocenters. The van der Waals surface area contributed by atoms with Gasteiger partial charge in [-0.15, -0.1) is 0 Å². The Morgan fingerprint density at radius 3 is 2.25 bits per heavy atom. The maximum Gasteiger partial charge on any atom is 0.447 e. The van der Waals surface area contributed by atoms with Crippen LogP contribution in [0.1, 0.15) is 0 Å². The van der Waals surface area contributed by atoms with Gasteiger partial charge in [0, 0.05) is 5.57 Å². The van der Waals surface area contributed by atoms with Gasteiger partial charge in [0.15, 0.2) is 0 Å².